The zero-order chi connectivity index (χ0) is 10.8. The van der Waals surface area contributed by atoms with E-state index in [9.17, 15) is 9.59 Å². The second kappa shape index (κ2) is 8.62. The molecule has 0 spiro atoms. The molecule has 0 aliphatic heterocycles. The fraction of sp³-hybridized carbons (Fsp3) is 0.556. The van der Waals surface area contributed by atoms with Gasteiger partial charge in [0.2, 0.25) is 0 Å². The molecule has 0 aromatic heterocycles. The molecule has 0 bridgehead atoms. The lowest BCUT2D eigenvalue weighted by molar-refractivity contribution is -0.140. The minimum Gasteiger partial charge on any atom is -0.469 e. The average Bonchev–Trinajstić information content (AvgIpc) is 2.17. The Morgan fingerprint density at radius 2 is 2.14 bits per heavy atom. The normalized spacial score (nSPS) is 10.1. The smallest absolute Gasteiger partial charge is 0.331 e. The number of rotatable bonds is 6. The Morgan fingerprint density at radius 1 is 1.43 bits per heavy atom. The first kappa shape index (κ1) is 13.0. The van der Waals surface area contributed by atoms with Crippen molar-refractivity contribution in [3.05, 3.63) is 11.5 Å². The Kier molecular flexibility index (Phi) is 8.02. The van der Waals surface area contributed by atoms with Gasteiger partial charge in [-0.3, -0.25) is 4.79 Å². The van der Waals surface area contributed by atoms with Crippen molar-refractivity contribution in [1.82, 2.24) is 0 Å². The number of carbonyl (C=O) groups is 2. The van der Waals surface area contributed by atoms with E-state index in [0.717, 1.165) is 0 Å². The van der Waals surface area contributed by atoms with Crippen LogP contribution in [0.1, 0.15) is 13.3 Å². The van der Waals surface area contributed by atoms with E-state index in [1.54, 1.807) is 12.3 Å². The van der Waals surface area contributed by atoms with Gasteiger partial charge in [-0.1, -0.05) is 0 Å². The van der Waals surface area contributed by atoms with Crippen molar-refractivity contribution in [3.63, 3.8) is 0 Å². The molecular formula is C9H14O4S. The summed E-state index contributed by atoms with van der Waals surface area (Å²) in [5, 5.41) is 1.61. The second-order valence-electron chi connectivity index (χ2n) is 2.25. The van der Waals surface area contributed by atoms with Crippen LogP contribution in [0.4, 0.5) is 0 Å². The van der Waals surface area contributed by atoms with Crippen LogP contribution in [0.2, 0.25) is 0 Å². The van der Waals surface area contributed by atoms with Gasteiger partial charge in [-0.15, -0.1) is 11.8 Å². The van der Waals surface area contributed by atoms with Crippen LogP contribution < -0.4 is 0 Å². The predicted molar refractivity (Wildman–Crippen MR) is 54.9 cm³/mol. The Morgan fingerprint density at radius 3 is 2.71 bits per heavy atom. The number of hydrogen-bond donors (Lipinski definition) is 0. The van der Waals surface area contributed by atoms with Crippen LogP contribution in [0.5, 0.6) is 0 Å². The van der Waals surface area contributed by atoms with Crippen molar-refractivity contribution >= 4 is 23.7 Å². The summed E-state index contributed by atoms with van der Waals surface area (Å²) in [5.41, 5.74) is 0. The van der Waals surface area contributed by atoms with E-state index in [1.165, 1.54) is 24.9 Å². The molecule has 0 unspecified atom stereocenters. The molecule has 0 rings (SSSR count). The minimum atomic E-state index is -0.363. The van der Waals surface area contributed by atoms with Crippen molar-refractivity contribution in [1.29, 1.82) is 0 Å². The maximum Gasteiger partial charge on any atom is 0.331 e. The van der Waals surface area contributed by atoms with Gasteiger partial charge in [0.25, 0.3) is 0 Å². The van der Waals surface area contributed by atoms with E-state index in [2.05, 4.69) is 9.47 Å². The van der Waals surface area contributed by atoms with Gasteiger partial charge in [0.05, 0.1) is 20.1 Å². The highest BCUT2D eigenvalue weighted by Gasteiger charge is 1.98. The molecule has 0 aliphatic carbocycles. The molecule has 0 fully saturated rings. The molecule has 0 saturated heterocycles. The molecule has 0 heterocycles. The molecule has 0 atom stereocenters. The van der Waals surface area contributed by atoms with Gasteiger partial charge in [-0.25, -0.2) is 4.79 Å². The zero-order valence-electron chi connectivity index (χ0n) is 8.32. The number of methoxy groups -OCH3 is 1. The molecular weight excluding hydrogens is 204 g/mol. The third-order valence-electron chi connectivity index (χ3n) is 1.24. The van der Waals surface area contributed by atoms with Gasteiger partial charge in [0, 0.05) is 11.8 Å². The molecule has 0 saturated carbocycles. The van der Waals surface area contributed by atoms with E-state index in [0.29, 0.717) is 18.8 Å². The Hall–Kier alpha value is -0.970. The van der Waals surface area contributed by atoms with E-state index >= 15 is 0 Å². The lowest BCUT2D eigenvalue weighted by atomic mass is 10.5. The Bertz CT molecular complexity index is 213. The number of ether oxygens (including phenoxy) is 2. The lowest BCUT2D eigenvalue weighted by Gasteiger charge is -1.96. The average molecular weight is 218 g/mol. The molecule has 80 valence electrons. The van der Waals surface area contributed by atoms with Crippen molar-refractivity contribution in [3.8, 4) is 0 Å². The second-order valence-corrected chi connectivity index (χ2v) is 3.27. The van der Waals surface area contributed by atoms with Gasteiger partial charge in [0.1, 0.15) is 0 Å². The van der Waals surface area contributed by atoms with Crippen molar-refractivity contribution in [2.75, 3.05) is 19.5 Å². The van der Waals surface area contributed by atoms with E-state index in [4.69, 9.17) is 0 Å². The van der Waals surface area contributed by atoms with Crippen molar-refractivity contribution in [2.45, 2.75) is 13.3 Å². The summed E-state index contributed by atoms with van der Waals surface area (Å²) in [4.78, 5) is 21.4. The first-order valence-electron chi connectivity index (χ1n) is 4.22. The van der Waals surface area contributed by atoms with Crippen LogP contribution >= 0.6 is 11.8 Å². The van der Waals surface area contributed by atoms with Gasteiger partial charge in [-0.05, 0) is 12.3 Å². The largest absolute Gasteiger partial charge is 0.469 e. The highest BCUT2D eigenvalue weighted by molar-refractivity contribution is 8.02. The zero-order valence-corrected chi connectivity index (χ0v) is 9.13. The first-order valence-corrected chi connectivity index (χ1v) is 5.27. The fourth-order valence-corrected chi connectivity index (χ4v) is 1.23. The molecule has 0 radical (unpaired) electrons. The van der Waals surface area contributed by atoms with Crippen LogP contribution in [0.15, 0.2) is 11.5 Å². The highest BCUT2D eigenvalue weighted by Crippen LogP contribution is 2.04. The third-order valence-corrected chi connectivity index (χ3v) is 2.01. The van der Waals surface area contributed by atoms with Crippen LogP contribution in [-0.4, -0.2) is 31.4 Å². The SMILES string of the molecule is CCOC(=O)/C=C\SCCC(=O)OC. The molecule has 5 heteroatoms. The van der Waals surface area contributed by atoms with Gasteiger partial charge >= 0.3 is 11.9 Å². The number of hydrogen-bond acceptors (Lipinski definition) is 5. The lowest BCUT2D eigenvalue weighted by Crippen LogP contribution is -2.01. The van der Waals surface area contributed by atoms with Crippen LogP contribution in [0, 0.1) is 0 Å². The van der Waals surface area contributed by atoms with Crippen LogP contribution in [-0.2, 0) is 19.1 Å². The molecule has 0 aliphatic rings. The van der Waals surface area contributed by atoms with E-state index in [1.807, 2.05) is 0 Å². The third kappa shape index (κ3) is 7.67. The van der Waals surface area contributed by atoms with Gasteiger partial charge in [-0.2, -0.15) is 0 Å². The van der Waals surface area contributed by atoms with Gasteiger partial charge in [0.15, 0.2) is 0 Å². The van der Waals surface area contributed by atoms with E-state index < -0.39 is 0 Å². The molecule has 0 N–H and O–H groups in total. The van der Waals surface area contributed by atoms with Crippen molar-refractivity contribution in [2.24, 2.45) is 0 Å². The summed E-state index contributed by atoms with van der Waals surface area (Å²) in [6.45, 7) is 2.12. The summed E-state index contributed by atoms with van der Waals surface area (Å²) >= 11 is 1.37. The standard InChI is InChI=1S/C9H14O4S/c1-3-13-9(11)5-7-14-6-4-8(10)12-2/h5,7H,3-4,6H2,1-2H3/b7-5-. The molecule has 4 nitrogen and oxygen atoms in total. The summed E-state index contributed by atoms with van der Waals surface area (Å²) in [6, 6.07) is 0. The number of carbonyl (C=O) groups excluding carboxylic acids is 2. The minimum absolute atomic E-state index is 0.248. The molecule has 0 amide bonds. The maximum atomic E-state index is 10.8. The quantitative estimate of drug-likeness (QED) is 0.383. The predicted octanol–water partition coefficient (Wildman–Crippen LogP) is 1.36. The van der Waals surface area contributed by atoms with Crippen LogP contribution in [0.25, 0.3) is 0 Å². The molecule has 0 aromatic rings. The number of esters is 2. The van der Waals surface area contributed by atoms with Crippen molar-refractivity contribution < 1.29 is 19.1 Å². The first-order chi connectivity index (χ1) is 6.70. The summed E-state index contributed by atoms with van der Waals surface area (Å²) in [5.74, 6) is -0.0112. The summed E-state index contributed by atoms with van der Waals surface area (Å²) in [7, 11) is 1.35. The van der Waals surface area contributed by atoms with E-state index in [-0.39, 0.29) is 11.9 Å². The molecule has 14 heavy (non-hydrogen) atoms. The Labute approximate surface area is 87.6 Å². The highest BCUT2D eigenvalue weighted by atomic mass is 32.2. The number of thioether (sulfide) groups is 1. The maximum absolute atomic E-state index is 10.8. The monoisotopic (exact) mass is 218 g/mol. The van der Waals surface area contributed by atoms with Gasteiger partial charge < -0.3 is 9.47 Å². The molecule has 0 aromatic carbocycles. The summed E-state index contributed by atoms with van der Waals surface area (Å²) < 4.78 is 9.11. The topological polar surface area (TPSA) is 52.6 Å². The summed E-state index contributed by atoms with van der Waals surface area (Å²) in [6.07, 6.45) is 1.68. The fourth-order valence-electron chi connectivity index (χ4n) is 0.606. The van der Waals surface area contributed by atoms with Crippen LogP contribution in [0.3, 0.4) is 0 Å². The Balaban J connectivity index is 3.44.